The molecule has 0 aliphatic rings. The van der Waals surface area contributed by atoms with E-state index in [1.807, 2.05) is 6.92 Å². The molecule has 0 saturated heterocycles. The molecule has 1 aromatic carbocycles. The van der Waals surface area contributed by atoms with Gasteiger partial charge in [-0.2, -0.15) is 0 Å². The first-order valence-electron chi connectivity index (χ1n) is 7.21. The number of carboxylic acid groups (broad SMARTS) is 2. The van der Waals surface area contributed by atoms with E-state index in [4.69, 9.17) is 5.11 Å². The van der Waals surface area contributed by atoms with Crippen LogP contribution in [0.4, 0.5) is 5.69 Å². The number of carbonyl (C=O) groups is 3. The summed E-state index contributed by atoms with van der Waals surface area (Å²) in [6.07, 6.45) is 1.40. The van der Waals surface area contributed by atoms with Crippen LogP contribution in [0.3, 0.4) is 0 Å². The molecule has 0 fully saturated rings. The summed E-state index contributed by atoms with van der Waals surface area (Å²) in [6, 6.07) is 5.82. The van der Waals surface area contributed by atoms with Crippen molar-refractivity contribution in [3.05, 3.63) is 29.8 Å². The molecule has 2 atom stereocenters. The van der Waals surface area contributed by atoms with Crippen LogP contribution in [0, 0.1) is 11.8 Å². The molecule has 0 aromatic heterocycles. The number of benzene rings is 1. The number of amides is 1. The summed E-state index contributed by atoms with van der Waals surface area (Å²) in [5, 5.41) is 20.6. The third-order valence-electron chi connectivity index (χ3n) is 3.53. The van der Waals surface area contributed by atoms with Gasteiger partial charge >= 0.3 is 11.9 Å². The van der Waals surface area contributed by atoms with Crippen LogP contribution in [-0.4, -0.2) is 28.1 Å². The molecule has 22 heavy (non-hydrogen) atoms. The zero-order chi connectivity index (χ0) is 16.7. The van der Waals surface area contributed by atoms with Crippen LogP contribution in [0.1, 0.15) is 43.5 Å². The molecule has 0 unspecified atom stereocenters. The highest BCUT2D eigenvalue weighted by Gasteiger charge is 2.25. The second-order valence-electron chi connectivity index (χ2n) is 5.35. The number of aliphatic carboxylic acids is 1. The van der Waals surface area contributed by atoms with Gasteiger partial charge in [0.1, 0.15) is 0 Å². The Bertz CT molecular complexity index is 538. The minimum atomic E-state index is -1.03. The molecule has 3 N–H and O–H groups in total. The number of rotatable bonds is 8. The molecule has 120 valence electrons. The fourth-order valence-electron chi connectivity index (χ4n) is 2.31. The predicted molar refractivity (Wildman–Crippen MR) is 81.8 cm³/mol. The number of aromatic carboxylic acids is 1. The van der Waals surface area contributed by atoms with Gasteiger partial charge in [-0.25, -0.2) is 4.79 Å². The van der Waals surface area contributed by atoms with E-state index in [1.165, 1.54) is 24.3 Å². The average Bonchev–Trinajstić information content (AvgIpc) is 2.44. The standard InChI is InChI=1S/C16H21NO5/c1-3-4-13(16(21)22)10(2)9-14(18)17-12-7-5-11(6-8-12)15(19)20/h5-8,10,13H,3-4,9H2,1-2H3,(H,17,18)(H,19,20)(H,21,22)/t10-,13+/m1/s1. The Kier molecular flexibility index (Phi) is 6.56. The molecular weight excluding hydrogens is 286 g/mol. The van der Waals surface area contributed by atoms with Crippen molar-refractivity contribution in [1.82, 2.24) is 0 Å². The number of hydrogen-bond acceptors (Lipinski definition) is 3. The van der Waals surface area contributed by atoms with Gasteiger partial charge < -0.3 is 15.5 Å². The molecule has 0 saturated carbocycles. The molecule has 0 heterocycles. The Hall–Kier alpha value is -2.37. The molecular formula is C16H21NO5. The smallest absolute Gasteiger partial charge is 0.335 e. The quantitative estimate of drug-likeness (QED) is 0.685. The lowest BCUT2D eigenvalue weighted by atomic mass is 9.87. The van der Waals surface area contributed by atoms with Gasteiger partial charge in [0, 0.05) is 12.1 Å². The van der Waals surface area contributed by atoms with Gasteiger partial charge in [0.05, 0.1) is 11.5 Å². The fourth-order valence-corrected chi connectivity index (χ4v) is 2.31. The summed E-state index contributed by atoms with van der Waals surface area (Å²) >= 11 is 0. The Morgan fingerprint density at radius 2 is 1.73 bits per heavy atom. The van der Waals surface area contributed by atoms with Gasteiger partial charge in [-0.15, -0.1) is 0 Å². The highest BCUT2D eigenvalue weighted by atomic mass is 16.4. The highest BCUT2D eigenvalue weighted by molar-refractivity contribution is 5.92. The van der Waals surface area contributed by atoms with Crippen LogP contribution in [0.5, 0.6) is 0 Å². The number of carbonyl (C=O) groups excluding carboxylic acids is 1. The molecule has 6 heteroatoms. The molecule has 6 nitrogen and oxygen atoms in total. The molecule has 0 aliphatic carbocycles. The SMILES string of the molecule is CCC[C@H](C(=O)O)[C@H](C)CC(=O)Nc1ccc(C(=O)O)cc1. The minimum Gasteiger partial charge on any atom is -0.481 e. The average molecular weight is 307 g/mol. The van der Waals surface area contributed by atoms with Crippen molar-refractivity contribution in [2.75, 3.05) is 5.32 Å². The summed E-state index contributed by atoms with van der Waals surface area (Å²) in [6.45, 7) is 3.66. The van der Waals surface area contributed by atoms with E-state index in [9.17, 15) is 19.5 Å². The molecule has 1 amide bonds. The second kappa shape index (κ2) is 8.17. The molecule has 0 spiro atoms. The van der Waals surface area contributed by atoms with Crippen LogP contribution in [0.2, 0.25) is 0 Å². The number of nitrogens with one attached hydrogen (secondary N) is 1. The number of anilines is 1. The molecule has 0 bridgehead atoms. The normalized spacial score (nSPS) is 13.2. The Morgan fingerprint density at radius 3 is 2.18 bits per heavy atom. The van der Waals surface area contributed by atoms with Crippen molar-refractivity contribution >= 4 is 23.5 Å². The van der Waals surface area contributed by atoms with Crippen LogP contribution < -0.4 is 5.32 Å². The van der Waals surface area contributed by atoms with E-state index >= 15 is 0 Å². The van der Waals surface area contributed by atoms with Gasteiger partial charge in [-0.05, 0) is 36.6 Å². The van der Waals surface area contributed by atoms with Gasteiger partial charge in [-0.1, -0.05) is 20.3 Å². The monoisotopic (exact) mass is 307 g/mol. The Morgan fingerprint density at radius 1 is 1.14 bits per heavy atom. The number of carboxylic acids is 2. The highest BCUT2D eigenvalue weighted by Crippen LogP contribution is 2.22. The van der Waals surface area contributed by atoms with Gasteiger partial charge in [-0.3, -0.25) is 9.59 Å². The van der Waals surface area contributed by atoms with Crippen molar-refractivity contribution < 1.29 is 24.6 Å². The summed E-state index contributed by atoms with van der Waals surface area (Å²) in [5.74, 6) is -3.00. The van der Waals surface area contributed by atoms with E-state index in [2.05, 4.69) is 5.32 Å². The third-order valence-corrected chi connectivity index (χ3v) is 3.53. The van der Waals surface area contributed by atoms with Crippen molar-refractivity contribution in [1.29, 1.82) is 0 Å². The van der Waals surface area contributed by atoms with Crippen molar-refractivity contribution in [2.24, 2.45) is 11.8 Å². The Balaban J connectivity index is 2.61. The summed E-state index contributed by atoms with van der Waals surface area (Å²) in [5.41, 5.74) is 0.629. The Labute approximate surface area is 129 Å². The van der Waals surface area contributed by atoms with E-state index in [0.717, 1.165) is 6.42 Å². The largest absolute Gasteiger partial charge is 0.481 e. The molecule has 0 aliphatic heterocycles. The summed E-state index contributed by atoms with van der Waals surface area (Å²) in [7, 11) is 0. The van der Waals surface area contributed by atoms with Gasteiger partial charge in [0.25, 0.3) is 0 Å². The molecule has 1 aromatic rings. The van der Waals surface area contributed by atoms with Gasteiger partial charge in [0.2, 0.25) is 5.91 Å². The van der Waals surface area contributed by atoms with Crippen molar-refractivity contribution in [2.45, 2.75) is 33.1 Å². The van der Waals surface area contributed by atoms with Gasteiger partial charge in [0.15, 0.2) is 0 Å². The predicted octanol–water partition coefficient (Wildman–Crippen LogP) is 2.85. The number of hydrogen-bond donors (Lipinski definition) is 3. The topological polar surface area (TPSA) is 104 Å². The van der Waals surface area contributed by atoms with E-state index in [0.29, 0.717) is 12.1 Å². The molecule has 0 radical (unpaired) electrons. The van der Waals surface area contributed by atoms with Crippen LogP contribution in [0.15, 0.2) is 24.3 Å². The lowest BCUT2D eigenvalue weighted by Crippen LogP contribution is -2.25. The van der Waals surface area contributed by atoms with E-state index < -0.39 is 17.9 Å². The fraction of sp³-hybridized carbons (Fsp3) is 0.438. The van der Waals surface area contributed by atoms with Crippen LogP contribution in [-0.2, 0) is 9.59 Å². The van der Waals surface area contributed by atoms with E-state index in [1.54, 1.807) is 6.92 Å². The maximum Gasteiger partial charge on any atom is 0.335 e. The summed E-state index contributed by atoms with van der Waals surface area (Å²) in [4.78, 5) is 33.9. The first kappa shape index (κ1) is 17.7. The maximum atomic E-state index is 12.0. The third kappa shape index (κ3) is 5.20. The van der Waals surface area contributed by atoms with Crippen LogP contribution in [0.25, 0.3) is 0 Å². The minimum absolute atomic E-state index is 0.109. The zero-order valence-corrected chi connectivity index (χ0v) is 12.7. The lowest BCUT2D eigenvalue weighted by Gasteiger charge is -2.19. The summed E-state index contributed by atoms with van der Waals surface area (Å²) < 4.78 is 0. The lowest BCUT2D eigenvalue weighted by molar-refractivity contribution is -0.144. The van der Waals surface area contributed by atoms with Crippen LogP contribution >= 0.6 is 0 Å². The molecule has 1 rings (SSSR count). The van der Waals surface area contributed by atoms with Crippen molar-refractivity contribution in [3.8, 4) is 0 Å². The first-order valence-corrected chi connectivity index (χ1v) is 7.21. The first-order chi connectivity index (χ1) is 10.3. The maximum absolute atomic E-state index is 12.0. The second-order valence-corrected chi connectivity index (χ2v) is 5.35. The zero-order valence-electron chi connectivity index (χ0n) is 12.7. The van der Waals surface area contributed by atoms with Crippen molar-refractivity contribution in [3.63, 3.8) is 0 Å². The van der Waals surface area contributed by atoms with E-state index in [-0.39, 0.29) is 23.8 Å².